The lowest BCUT2D eigenvalue weighted by atomic mass is 9.47. The van der Waals surface area contributed by atoms with E-state index in [0.717, 1.165) is 19.3 Å². The van der Waals surface area contributed by atoms with Gasteiger partial charge in [-0.1, -0.05) is 11.6 Å². The second-order valence-corrected chi connectivity index (χ2v) is 11.7. The molecule has 5 fully saturated rings. The number of barbiturate groups is 1. The second kappa shape index (κ2) is 9.12. The number of urea groups is 1. The summed E-state index contributed by atoms with van der Waals surface area (Å²) < 4.78 is 10.7. The summed E-state index contributed by atoms with van der Waals surface area (Å²) in [6.45, 7) is 1.96. The van der Waals surface area contributed by atoms with Gasteiger partial charge in [0, 0.05) is 11.6 Å². The predicted molar refractivity (Wildman–Crippen MR) is 139 cm³/mol. The van der Waals surface area contributed by atoms with Crippen LogP contribution >= 0.6 is 11.6 Å². The molecule has 0 unspecified atom stereocenters. The number of nitrogens with one attached hydrogen (secondary N) is 1. The number of rotatable bonds is 5. The molecule has 9 heteroatoms. The molecule has 1 N–H and O–H groups in total. The molecule has 0 spiro atoms. The number of halogens is 1. The predicted octanol–water partition coefficient (Wildman–Crippen LogP) is 5.45. The second-order valence-electron chi connectivity index (χ2n) is 11.3. The van der Waals surface area contributed by atoms with Gasteiger partial charge >= 0.3 is 12.0 Å². The molecule has 1 saturated heterocycles. The molecule has 7 rings (SSSR count). The van der Waals surface area contributed by atoms with Crippen molar-refractivity contribution in [3.8, 4) is 11.3 Å². The molecule has 1 aromatic heterocycles. The van der Waals surface area contributed by atoms with E-state index in [1.165, 1.54) is 37.3 Å². The Labute approximate surface area is 225 Å². The van der Waals surface area contributed by atoms with Crippen LogP contribution in [0.4, 0.5) is 4.79 Å². The lowest BCUT2D eigenvalue weighted by Gasteiger charge is -2.60. The maximum Gasteiger partial charge on any atom is 0.339 e. The average Bonchev–Trinajstić information content (AvgIpc) is 3.34. The summed E-state index contributed by atoms with van der Waals surface area (Å²) in [5.41, 5.74) is 0.536. The van der Waals surface area contributed by atoms with E-state index in [2.05, 4.69) is 5.32 Å². The fourth-order valence-corrected chi connectivity index (χ4v) is 7.85. The highest BCUT2D eigenvalue weighted by Crippen LogP contribution is 2.62. The zero-order chi connectivity index (χ0) is 26.8. The van der Waals surface area contributed by atoms with E-state index < -0.39 is 23.8 Å². The number of methoxy groups -OCH3 is 1. The largest absolute Gasteiger partial charge is 0.465 e. The van der Waals surface area contributed by atoms with Crippen molar-refractivity contribution in [3.63, 3.8) is 0 Å². The minimum absolute atomic E-state index is 0.0863. The summed E-state index contributed by atoms with van der Waals surface area (Å²) in [5, 5.41) is 2.61. The van der Waals surface area contributed by atoms with Crippen LogP contribution in [0.15, 0.2) is 40.3 Å². The highest BCUT2D eigenvalue weighted by Gasteiger charge is 2.56. The van der Waals surface area contributed by atoms with Crippen LogP contribution in [-0.4, -0.2) is 41.9 Å². The molecule has 5 aliphatic rings. The summed E-state index contributed by atoms with van der Waals surface area (Å²) in [6.07, 6.45) is 8.22. The lowest BCUT2D eigenvalue weighted by molar-refractivity contribution is -0.139. The fourth-order valence-electron chi connectivity index (χ4n) is 7.66. The monoisotopic (exact) mass is 536 g/mol. The van der Waals surface area contributed by atoms with Gasteiger partial charge in [0.15, 0.2) is 0 Å². The number of amides is 4. The van der Waals surface area contributed by atoms with Gasteiger partial charge in [0.05, 0.1) is 17.7 Å². The molecule has 4 saturated carbocycles. The molecule has 1 atom stereocenters. The van der Waals surface area contributed by atoms with Gasteiger partial charge in [-0.05, 0) is 105 Å². The fraction of sp³-hybridized carbons (Fsp3) is 0.448. The van der Waals surface area contributed by atoms with Crippen molar-refractivity contribution >= 4 is 41.5 Å². The summed E-state index contributed by atoms with van der Waals surface area (Å²) in [4.78, 5) is 52.6. The molecular formula is C29H29ClN2O6. The topological polar surface area (TPSA) is 106 Å². The zero-order valence-electron chi connectivity index (χ0n) is 21.3. The van der Waals surface area contributed by atoms with Gasteiger partial charge in [-0.2, -0.15) is 0 Å². The minimum atomic E-state index is -0.744. The number of furan rings is 1. The third-order valence-electron chi connectivity index (χ3n) is 9.06. The van der Waals surface area contributed by atoms with Gasteiger partial charge < -0.3 is 9.15 Å². The Morgan fingerprint density at radius 2 is 1.76 bits per heavy atom. The Morgan fingerprint density at radius 3 is 2.39 bits per heavy atom. The molecule has 2 aromatic rings. The summed E-state index contributed by atoms with van der Waals surface area (Å²) in [7, 11) is 1.27. The first-order chi connectivity index (χ1) is 18.2. The smallest absolute Gasteiger partial charge is 0.339 e. The number of hydrogen-bond donors (Lipinski definition) is 1. The Hall–Kier alpha value is -3.39. The van der Waals surface area contributed by atoms with E-state index in [0.29, 0.717) is 29.1 Å². The van der Waals surface area contributed by atoms with Gasteiger partial charge in [0.25, 0.3) is 11.8 Å². The first kappa shape index (κ1) is 24.9. The van der Waals surface area contributed by atoms with Crippen molar-refractivity contribution in [1.82, 2.24) is 10.2 Å². The van der Waals surface area contributed by atoms with Crippen molar-refractivity contribution in [1.29, 1.82) is 0 Å². The van der Waals surface area contributed by atoms with Crippen molar-refractivity contribution in [2.75, 3.05) is 7.11 Å². The van der Waals surface area contributed by atoms with Crippen LogP contribution in [0.25, 0.3) is 17.4 Å². The standard InChI is InChI=1S/C29H29ClN2O6/c1-15(29-12-16-7-17(13-29)9-18(8-16)14-29)32-26(34)22(25(33)31-28(32)36)11-20-4-6-24(38-20)19-3-5-23(30)21(10-19)27(35)37-2/h3-6,10-11,15-18H,7-9,12-14H2,1-2H3,(H,31,33,36)/b22-11+/t15-,16?,17?,18?,29?/m1/s1. The number of hydrogen-bond acceptors (Lipinski definition) is 6. The first-order valence-electron chi connectivity index (χ1n) is 13.1. The Balaban J connectivity index is 1.28. The maximum atomic E-state index is 13.6. The molecule has 0 radical (unpaired) electrons. The van der Waals surface area contributed by atoms with Gasteiger partial charge in [-0.3, -0.25) is 19.8 Å². The first-order valence-corrected chi connectivity index (χ1v) is 13.4. The zero-order valence-corrected chi connectivity index (χ0v) is 22.0. The molecule has 198 valence electrons. The van der Waals surface area contributed by atoms with Crippen LogP contribution < -0.4 is 5.32 Å². The van der Waals surface area contributed by atoms with Crippen LogP contribution in [-0.2, 0) is 14.3 Å². The molecule has 4 bridgehead atoms. The van der Waals surface area contributed by atoms with Gasteiger partial charge in [-0.15, -0.1) is 0 Å². The number of imide groups is 2. The summed E-state index contributed by atoms with van der Waals surface area (Å²) >= 11 is 6.12. The van der Waals surface area contributed by atoms with E-state index in [4.69, 9.17) is 20.8 Å². The van der Waals surface area contributed by atoms with Crippen LogP contribution in [0.5, 0.6) is 0 Å². The Bertz CT molecular complexity index is 1360. The van der Waals surface area contributed by atoms with E-state index >= 15 is 0 Å². The molecule has 4 aliphatic carbocycles. The lowest BCUT2D eigenvalue weighted by Crippen LogP contribution is -2.63. The van der Waals surface area contributed by atoms with E-state index in [9.17, 15) is 19.2 Å². The molecule has 1 aromatic carbocycles. The molecule has 4 amide bonds. The van der Waals surface area contributed by atoms with Gasteiger partial charge in [0.2, 0.25) is 0 Å². The van der Waals surface area contributed by atoms with Crippen molar-refractivity contribution in [2.45, 2.75) is 51.5 Å². The van der Waals surface area contributed by atoms with E-state index in [1.807, 2.05) is 6.92 Å². The number of carbonyl (C=O) groups excluding carboxylic acids is 4. The quantitative estimate of drug-likeness (QED) is 0.309. The van der Waals surface area contributed by atoms with E-state index in [1.54, 1.807) is 30.3 Å². The number of nitrogens with zero attached hydrogens (tertiary/aromatic N) is 1. The van der Waals surface area contributed by atoms with Gasteiger partial charge in [0.1, 0.15) is 17.1 Å². The van der Waals surface area contributed by atoms with Gasteiger partial charge in [-0.25, -0.2) is 9.59 Å². The molecule has 8 nitrogen and oxygen atoms in total. The molecule has 2 heterocycles. The Kier molecular flexibility index (Phi) is 5.98. The minimum Gasteiger partial charge on any atom is -0.465 e. The maximum absolute atomic E-state index is 13.6. The molecule has 1 aliphatic heterocycles. The number of benzene rings is 1. The molecule has 38 heavy (non-hydrogen) atoms. The highest BCUT2D eigenvalue weighted by molar-refractivity contribution is 6.33. The number of carbonyl (C=O) groups is 4. The van der Waals surface area contributed by atoms with E-state index in [-0.39, 0.29) is 33.4 Å². The van der Waals surface area contributed by atoms with Crippen molar-refractivity contribution in [3.05, 3.63) is 52.3 Å². The summed E-state index contributed by atoms with van der Waals surface area (Å²) in [5.74, 6) is 0.758. The van der Waals surface area contributed by atoms with Crippen LogP contribution in [0.2, 0.25) is 5.02 Å². The number of esters is 1. The van der Waals surface area contributed by atoms with Crippen LogP contribution in [0.1, 0.15) is 61.6 Å². The Morgan fingerprint density at radius 1 is 1.11 bits per heavy atom. The summed E-state index contributed by atoms with van der Waals surface area (Å²) in [6, 6.07) is 7.14. The SMILES string of the molecule is COC(=O)c1cc(-c2ccc(/C=C3\C(=O)NC(=O)N([C@H](C)C45CC6CC(CC(C6)C4)C5)C3=O)o2)ccc1Cl. The average molecular weight is 537 g/mol. The van der Waals surface area contributed by atoms with Crippen molar-refractivity contribution in [2.24, 2.45) is 23.2 Å². The number of ether oxygens (including phenoxy) is 1. The van der Waals surface area contributed by atoms with Crippen molar-refractivity contribution < 1.29 is 28.3 Å². The highest BCUT2D eigenvalue weighted by atomic mass is 35.5. The normalized spacial score (nSPS) is 30.1. The molecular weight excluding hydrogens is 508 g/mol. The van der Waals surface area contributed by atoms with Crippen LogP contribution in [0.3, 0.4) is 0 Å². The van der Waals surface area contributed by atoms with Crippen LogP contribution in [0, 0.1) is 23.2 Å². The third-order valence-corrected chi connectivity index (χ3v) is 9.39. The third kappa shape index (κ3) is 4.06.